The molecule has 0 aromatic carbocycles. The fourth-order valence-corrected chi connectivity index (χ4v) is 2.57. The number of nitrogens with one attached hydrogen (secondary N) is 1. The first-order valence-electron chi connectivity index (χ1n) is 7.19. The molecule has 2 unspecified atom stereocenters. The van der Waals surface area contributed by atoms with Crippen molar-refractivity contribution >= 4 is 0 Å². The number of aliphatic hydroxyl groups excluding tert-OH is 1. The lowest BCUT2D eigenvalue weighted by molar-refractivity contribution is 0.169. The first kappa shape index (κ1) is 15.9. The van der Waals surface area contributed by atoms with Crippen LogP contribution in [0.3, 0.4) is 0 Å². The molecule has 4 nitrogen and oxygen atoms in total. The fraction of sp³-hybridized carbons (Fsp3) is 1.00. The maximum absolute atomic E-state index is 9.31. The highest BCUT2D eigenvalue weighted by molar-refractivity contribution is 4.82. The smallest absolute Gasteiger partial charge is 0.0610 e. The van der Waals surface area contributed by atoms with Crippen molar-refractivity contribution in [1.82, 2.24) is 15.1 Å². The molecule has 1 aliphatic heterocycles. The van der Waals surface area contributed by atoms with Gasteiger partial charge in [0.25, 0.3) is 0 Å². The molecular formula is C14H31N3O. The Morgan fingerprint density at radius 2 is 2.11 bits per heavy atom. The van der Waals surface area contributed by atoms with Gasteiger partial charge in [-0.3, -0.25) is 0 Å². The third kappa shape index (κ3) is 4.84. The molecule has 4 heteroatoms. The van der Waals surface area contributed by atoms with Crippen molar-refractivity contribution in [2.75, 3.05) is 47.4 Å². The monoisotopic (exact) mass is 257 g/mol. The molecule has 0 aromatic heterocycles. The van der Waals surface area contributed by atoms with Gasteiger partial charge in [-0.15, -0.1) is 0 Å². The summed E-state index contributed by atoms with van der Waals surface area (Å²) in [6.45, 7) is 5.97. The number of nitrogens with zero attached hydrogens (tertiary/aromatic N) is 2. The average Bonchev–Trinajstić information content (AvgIpc) is 2.83. The largest absolute Gasteiger partial charge is 0.394 e. The van der Waals surface area contributed by atoms with E-state index in [4.69, 9.17) is 0 Å². The number of likely N-dealkylation sites (tertiary alicyclic amines) is 1. The Bertz CT molecular complexity index is 229. The highest BCUT2D eigenvalue weighted by atomic mass is 16.3. The van der Waals surface area contributed by atoms with Gasteiger partial charge in [0.2, 0.25) is 0 Å². The molecule has 1 fully saturated rings. The van der Waals surface area contributed by atoms with Crippen LogP contribution < -0.4 is 5.32 Å². The van der Waals surface area contributed by atoms with Crippen LogP contribution in [0.4, 0.5) is 0 Å². The number of hydrogen-bond donors (Lipinski definition) is 2. The van der Waals surface area contributed by atoms with E-state index < -0.39 is 0 Å². The molecule has 2 N–H and O–H groups in total. The molecule has 1 aliphatic rings. The minimum Gasteiger partial charge on any atom is -0.394 e. The summed E-state index contributed by atoms with van der Waals surface area (Å²) in [5, 5.41) is 12.5. The predicted molar refractivity (Wildman–Crippen MR) is 76.9 cm³/mol. The summed E-state index contributed by atoms with van der Waals surface area (Å²) in [5.41, 5.74) is -0.100. The Morgan fingerprint density at radius 1 is 1.39 bits per heavy atom. The Balaban J connectivity index is 2.12. The van der Waals surface area contributed by atoms with Gasteiger partial charge in [-0.05, 0) is 60.4 Å². The van der Waals surface area contributed by atoms with Crippen molar-refractivity contribution in [3.05, 3.63) is 0 Å². The van der Waals surface area contributed by atoms with Crippen LogP contribution in [0, 0.1) is 0 Å². The van der Waals surface area contributed by atoms with Crippen molar-refractivity contribution in [1.29, 1.82) is 0 Å². The van der Waals surface area contributed by atoms with E-state index in [0.717, 1.165) is 12.5 Å². The zero-order valence-electron chi connectivity index (χ0n) is 12.6. The van der Waals surface area contributed by atoms with Crippen molar-refractivity contribution in [2.45, 2.75) is 44.2 Å². The van der Waals surface area contributed by atoms with E-state index in [0.29, 0.717) is 0 Å². The van der Waals surface area contributed by atoms with Gasteiger partial charge < -0.3 is 20.2 Å². The van der Waals surface area contributed by atoms with Crippen LogP contribution in [0.15, 0.2) is 0 Å². The molecule has 18 heavy (non-hydrogen) atoms. The van der Waals surface area contributed by atoms with Gasteiger partial charge in [0.05, 0.1) is 6.61 Å². The second-order valence-electron chi connectivity index (χ2n) is 6.13. The lowest BCUT2D eigenvalue weighted by Crippen LogP contribution is -2.43. The number of likely N-dealkylation sites (N-methyl/N-ethyl adjacent to an activating group) is 2. The van der Waals surface area contributed by atoms with Gasteiger partial charge in [-0.1, -0.05) is 6.42 Å². The fourth-order valence-electron chi connectivity index (χ4n) is 2.57. The zero-order valence-corrected chi connectivity index (χ0v) is 12.6. The van der Waals surface area contributed by atoms with E-state index >= 15 is 0 Å². The first-order valence-corrected chi connectivity index (χ1v) is 7.19. The van der Waals surface area contributed by atoms with E-state index in [1.54, 1.807) is 0 Å². The highest BCUT2D eigenvalue weighted by Gasteiger charge is 2.24. The van der Waals surface area contributed by atoms with E-state index in [2.05, 4.69) is 36.1 Å². The molecule has 0 saturated carbocycles. The molecule has 0 aliphatic carbocycles. The molecule has 1 rings (SSSR count). The Morgan fingerprint density at radius 3 is 2.61 bits per heavy atom. The summed E-state index contributed by atoms with van der Waals surface area (Å²) in [6, 6.07) is 0.741. The van der Waals surface area contributed by atoms with Crippen LogP contribution in [0.1, 0.15) is 32.6 Å². The standard InChI is InChI=1S/C14H31N3O/c1-14(12-18,15-2)8-5-6-9-17-10-7-13(11-17)16(3)4/h13,15,18H,5-12H2,1-4H3. The van der Waals surface area contributed by atoms with Crippen molar-refractivity contribution < 1.29 is 5.11 Å². The summed E-state index contributed by atoms with van der Waals surface area (Å²) in [6.07, 6.45) is 4.77. The van der Waals surface area contributed by atoms with Crippen molar-refractivity contribution in [2.24, 2.45) is 0 Å². The molecule has 0 bridgehead atoms. The molecular weight excluding hydrogens is 226 g/mol. The first-order chi connectivity index (χ1) is 8.50. The molecule has 108 valence electrons. The topological polar surface area (TPSA) is 38.7 Å². The average molecular weight is 257 g/mol. The van der Waals surface area contributed by atoms with Crippen LogP contribution in [-0.4, -0.2) is 73.9 Å². The highest BCUT2D eigenvalue weighted by Crippen LogP contribution is 2.16. The summed E-state index contributed by atoms with van der Waals surface area (Å²) in [5.74, 6) is 0. The van der Waals surface area contributed by atoms with Gasteiger partial charge in [0.1, 0.15) is 0 Å². The molecule has 0 radical (unpaired) electrons. The zero-order chi connectivity index (χ0) is 13.6. The van der Waals surface area contributed by atoms with Gasteiger partial charge in [-0.2, -0.15) is 0 Å². The van der Waals surface area contributed by atoms with Gasteiger partial charge in [0, 0.05) is 18.1 Å². The molecule has 0 amide bonds. The minimum atomic E-state index is -0.100. The lowest BCUT2D eigenvalue weighted by atomic mass is 9.96. The number of rotatable bonds is 8. The van der Waals surface area contributed by atoms with Crippen molar-refractivity contribution in [3.63, 3.8) is 0 Å². The van der Waals surface area contributed by atoms with Gasteiger partial charge in [0.15, 0.2) is 0 Å². The maximum Gasteiger partial charge on any atom is 0.0610 e. The molecule has 1 saturated heterocycles. The Kier molecular flexibility index (Phi) is 6.57. The summed E-state index contributed by atoms with van der Waals surface area (Å²) < 4.78 is 0. The summed E-state index contributed by atoms with van der Waals surface area (Å²) in [4.78, 5) is 4.91. The quantitative estimate of drug-likeness (QED) is 0.630. The third-order valence-electron chi connectivity index (χ3n) is 4.38. The second-order valence-corrected chi connectivity index (χ2v) is 6.13. The van der Waals surface area contributed by atoms with Crippen LogP contribution in [0.2, 0.25) is 0 Å². The summed E-state index contributed by atoms with van der Waals surface area (Å²) in [7, 11) is 6.28. The molecule has 2 atom stereocenters. The molecule has 0 aromatic rings. The number of hydrogen-bond acceptors (Lipinski definition) is 4. The predicted octanol–water partition coefficient (Wildman–Crippen LogP) is 0.763. The Hall–Kier alpha value is -0.160. The van der Waals surface area contributed by atoms with Gasteiger partial charge >= 0.3 is 0 Å². The SMILES string of the molecule is CNC(C)(CO)CCCCN1CCC(N(C)C)C1. The maximum atomic E-state index is 9.31. The second kappa shape index (κ2) is 7.43. The van der Waals surface area contributed by atoms with Gasteiger partial charge in [-0.25, -0.2) is 0 Å². The summed E-state index contributed by atoms with van der Waals surface area (Å²) >= 11 is 0. The van der Waals surface area contributed by atoms with E-state index in [-0.39, 0.29) is 12.1 Å². The van der Waals surface area contributed by atoms with E-state index in [9.17, 15) is 5.11 Å². The normalized spacial score (nSPS) is 24.7. The van der Waals surface area contributed by atoms with Crippen LogP contribution in [-0.2, 0) is 0 Å². The van der Waals surface area contributed by atoms with Crippen LogP contribution >= 0.6 is 0 Å². The van der Waals surface area contributed by atoms with Crippen LogP contribution in [0.25, 0.3) is 0 Å². The molecule has 1 heterocycles. The van der Waals surface area contributed by atoms with E-state index in [1.807, 2.05) is 7.05 Å². The molecule has 0 spiro atoms. The number of aliphatic hydroxyl groups is 1. The number of unbranched alkanes of at least 4 members (excludes halogenated alkanes) is 1. The minimum absolute atomic E-state index is 0.100. The lowest BCUT2D eigenvalue weighted by Gasteiger charge is -2.27. The third-order valence-corrected chi connectivity index (χ3v) is 4.38. The van der Waals surface area contributed by atoms with Crippen LogP contribution in [0.5, 0.6) is 0 Å². The van der Waals surface area contributed by atoms with Crippen molar-refractivity contribution in [3.8, 4) is 0 Å². The Labute approximate surface area is 112 Å². The van der Waals surface area contributed by atoms with E-state index in [1.165, 1.54) is 38.9 Å².